The van der Waals surface area contributed by atoms with E-state index in [9.17, 15) is 0 Å². The van der Waals surface area contributed by atoms with E-state index in [1.165, 1.54) is 9.75 Å². The Bertz CT molecular complexity index is 250. The van der Waals surface area contributed by atoms with Gasteiger partial charge in [0.25, 0.3) is 0 Å². The lowest BCUT2D eigenvalue weighted by atomic mass is 10.4. The van der Waals surface area contributed by atoms with Crippen molar-refractivity contribution in [2.24, 2.45) is 0 Å². The number of hydrogen-bond donors (Lipinski definition) is 1. The maximum absolute atomic E-state index is 5.42. The summed E-state index contributed by atoms with van der Waals surface area (Å²) in [5.74, 6) is 0. The molecule has 0 aromatic carbocycles. The number of thiophene rings is 1. The summed E-state index contributed by atoms with van der Waals surface area (Å²) in [7, 11) is 3.63. The van der Waals surface area contributed by atoms with Crippen LogP contribution < -0.4 is 5.32 Å². The van der Waals surface area contributed by atoms with Crippen molar-refractivity contribution in [1.29, 1.82) is 0 Å². The molecular formula is C10H17NO2S. The van der Waals surface area contributed by atoms with Crippen molar-refractivity contribution in [2.75, 3.05) is 27.4 Å². The number of nitrogens with one attached hydrogen (secondary N) is 1. The summed E-state index contributed by atoms with van der Waals surface area (Å²) in [6.45, 7) is 2.95. The summed E-state index contributed by atoms with van der Waals surface area (Å²) in [6, 6.07) is 4.25. The highest BCUT2D eigenvalue weighted by molar-refractivity contribution is 7.11. The minimum absolute atomic E-state index is 0.661. The topological polar surface area (TPSA) is 30.5 Å². The molecule has 1 heterocycles. The van der Waals surface area contributed by atoms with Crippen LogP contribution in [0, 0.1) is 0 Å². The molecule has 0 saturated heterocycles. The van der Waals surface area contributed by atoms with Crippen LogP contribution in [0.4, 0.5) is 0 Å². The van der Waals surface area contributed by atoms with E-state index in [4.69, 9.17) is 9.47 Å². The van der Waals surface area contributed by atoms with Gasteiger partial charge in [-0.3, -0.25) is 0 Å². The smallest absolute Gasteiger partial charge is 0.0810 e. The molecule has 0 aliphatic rings. The molecule has 0 atom stereocenters. The predicted octanol–water partition coefficient (Wildman–Crippen LogP) is 1.63. The van der Waals surface area contributed by atoms with Crippen LogP contribution in [-0.2, 0) is 22.6 Å². The SMILES string of the molecule is CNCc1ccc(COCCOC)s1. The van der Waals surface area contributed by atoms with Crippen molar-refractivity contribution >= 4 is 11.3 Å². The summed E-state index contributed by atoms with van der Waals surface area (Å²) in [5, 5.41) is 3.12. The molecule has 4 heteroatoms. The van der Waals surface area contributed by atoms with Crippen LogP contribution >= 0.6 is 11.3 Å². The number of rotatable bonds is 7. The predicted molar refractivity (Wildman–Crippen MR) is 58.6 cm³/mol. The monoisotopic (exact) mass is 215 g/mol. The summed E-state index contributed by atoms with van der Waals surface area (Å²) < 4.78 is 10.3. The van der Waals surface area contributed by atoms with Crippen LogP contribution in [0.25, 0.3) is 0 Å². The van der Waals surface area contributed by atoms with Crippen molar-refractivity contribution in [3.8, 4) is 0 Å². The molecule has 0 radical (unpaired) electrons. The van der Waals surface area contributed by atoms with Gasteiger partial charge in [-0.2, -0.15) is 0 Å². The van der Waals surface area contributed by atoms with Gasteiger partial charge in [-0.1, -0.05) is 0 Å². The molecule has 0 aliphatic heterocycles. The summed E-state index contributed by atoms with van der Waals surface area (Å²) in [6.07, 6.45) is 0. The highest BCUT2D eigenvalue weighted by Gasteiger charge is 1.98. The molecule has 0 saturated carbocycles. The van der Waals surface area contributed by atoms with Crippen LogP contribution in [0.3, 0.4) is 0 Å². The van der Waals surface area contributed by atoms with Crippen LogP contribution in [0.2, 0.25) is 0 Å². The fraction of sp³-hybridized carbons (Fsp3) is 0.600. The van der Waals surface area contributed by atoms with Gasteiger partial charge in [0.2, 0.25) is 0 Å². The van der Waals surface area contributed by atoms with E-state index in [1.807, 2.05) is 7.05 Å². The second kappa shape index (κ2) is 6.95. The molecule has 0 spiro atoms. The Morgan fingerprint density at radius 1 is 1.29 bits per heavy atom. The molecule has 3 nitrogen and oxygen atoms in total. The minimum atomic E-state index is 0.661. The Balaban J connectivity index is 2.22. The maximum atomic E-state index is 5.42. The zero-order valence-electron chi connectivity index (χ0n) is 8.71. The minimum Gasteiger partial charge on any atom is -0.382 e. The van der Waals surface area contributed by atoms with Crippen LogP contribution in [0.1, 0.15) is 9.75 Å². The molecule has 0 unspecified atom stereocenters. The van der Waals surface area contributed by atoms with E-state index in [0.717, 1.165) is 6.54 Å². The van der Waals surface area contributed by atoms with Gasteiger partial charge in [0, 0.05) is 23.4 Å². The zero-order chi connectivity index (χ0) is 10.2. The first-order valence-electron chi connectivity index (χ1n) is 4.65. The third-order valence-electron chi connectivity index (χ3n) is 1.74. The van der Waals surface area contributed by atoms with E-state index in [2.05, 4.69) is 17.4 Å². The first-order chi connectivity index (χ1) is 6.86. The highest BCUT2D eigenvalue weighted by Crippen LogP contribution is 2.16. The molecule has 1 aromatic rings. The number of methoxy groups -OCH3 is 1. The number of hydrogen-bond acceptors (Lipinski definition) is 4. The van der Waals surface area contributed by atoms with Gasteiger partial charge >= 0.3 is 0 Å². The fourth-order valence-electron chi connectivity index (χ4n) is 1.08. The highest BCUT2D eigenvalue weighted by atomic mass is 32.1. The van der Waals surface area contributed by atoms with Gasteiger partial charge in [-0.15, -0.1) is 11.3 Å². The Labute approximate surface area is 89.0 Å². The lowest BCUT2D eigenvalue weighted by Gasteiger charge is -2.00. The fourth-order valence-corrected chi connectivity index (χ4v) is 2.05. The van der Waals surface area contributed by atoms with Crippen LogP contribution in [-0.4, -0.2) is 27.4 Å². The van der Waals surface area contributed by atoms with Gasteiger partial charge in [-0.25, -0.2) is 0 Å². The lowest BCUT2D eigenvalue weighted by Crippen LogP contribution is -2.02. The average molecular weight is 215 g/mol. The molecule has 1 rings (SSSR count). The molecule has 80 valence electrons. The molecule has 0 amide bonds. The molecule has 0 fully saturated rings. The third kappa shape index (κ3) is 4.19. The van der Waals surface area contributed by atoms with Crippen LogP contribution in [0.15, 0.2) is 12.1 Å². The van der Waals surface area contributed by atoms with Gasteiger partial charge in [0.1, 0.15) is 0 Å². The van der Waals surface area contributed by atoms with Gasteiger partial charge < -0.3 is 14.8 Å². The van der Waals surface area contributed by atoms with Crippen LogP contribution in [0.5, 0.6) is 0 Å². The van der Waals surface area contributed by atoms with E-state index in [1.54, 1.807) is 18.4 Å². The van der Waals surface area contributed by atoms with Gasteiger partial charge in [0.05, 0.1) is 19.8 Å². The van der Waals surface area contributed by atoms with Gasteiger partial charge in [0.15, 0.2) is 0 Å². The Morgan fingerprint density at radius 2 is 2.07 bits per heavy atom. The first-order valence-corrected chi connectivity index (χ1v) is 5.47. The summed E-state index contributed by atoms with van der Waals surface area (Å²) in [5.41, 5.74) is 0. The molecule has 1 aromatic heterocycles. The molecule has 1 N–H and O–H groups in total. The van der Waals surface area contributed by atoms with Crippen molar-refractivity contribution in [3.05, 3.63) is 21.9 Å². The van der Waals surface area contributed by atoms with Crippen molar-refractivity contribution in [1.82, 2.24) is 5.32 Å². The Hall–Kier alpha value is -0.420. The van der Waals surface area contributed by atoms with E-state index < -0.39 is 0 Å². The average Bonchev–Trinajstić information content (AvgIpc) is 2.61. The quantitative estimate of drug-likeness (QED) is 0.701. The standard InChI is InChI=1S/C10H17NO2S/c1-11-7-9-3-4-10(14-9)8-13-6-5-12-2/h3-4,11H,5-8H2,1-2H3. The number of ether oxygens (including phenoxy) is 2. The zero-order valence-corrected chi connectivity index (χ0v) is 9.52. The van der Waals surface area contributed by atoms with Crippen molar-refractivity contribution in [2.45, 2.75) is 13.2 Å². The van der Waals surface area contributed by atoms with Gasteiger partial charge in [-0.05, 0) is 19.2 Å². The van der Waals surface area contributed by atoms with E-state index in [0.29, 0.717) is 19.8 Å². The molecule has 0 aliphatic carbocycles. The maximum Gasteiger partial charge on any atom is 0.0810 e. The van der Waals surface area contributed by atoms with E-state index >= 15 is 0 Å². The third-order valence-corrected chi connectivity index (χ3v) is 2.80. The summed E-state index contributed by atoms with van der Waals surface area (Å²) in [4.78, 5) is 2.61. The Morgan fingerprint density at radius 3 is 2.79 bits per heavy atom. The second-order valence-electron chi connectivity index (χ2n) is 2.94. The molecular weight excluding hydrogens is 198 g/mol. The Kier molecular flexibility index (Phi) is 5.78. The lowest BCUT2D eigenvalue weighted by molar-refractivity contribution is 0.0628. The van der Waals surface area contributed by atoms with E-state index in [-0.39, 0.29) is 0 Å². The van der Waals surface area contributed by atoms with Crippen molar-refractivity contribution in [3.63, 3.8) is 0 Å². The second-order valence-corrected chi connectivity index (χ2v) is 4.20. The summed E-state index contributed by atoms with van der Waals surface area (Å²) >= 11 is 1.79. The molecule has 14 heavy (non-hydrogen) atoms. The first kappa shape index (κ1) is 11.7. The van der Waals surface area contributed by atoms with Crippen molar-refractivity contribution < 1.29 is 9.47 Å². The normalized spacial score (nSPS) is 10.7. The molecule has 0 bridgehead atoms. The largest absolute Gasteiger partial charge is 0.382 e.